The highest BCUT2D eigenvalue weighted by molar-refractivity contribution is 9.10. The molecule has 0 spiro atoms. The van der Waals surface area contributed by atoms with E-state index in [2.05, 4.69) is 25.9 Å². The van der Waals surface area contributed by atoms with Crippen LogP contribution in [0.15, 0.2) is 15.5 Å². The Hall–Kier alpha value is -0.920. The summed E-state index contributed by atoms with van der Waals surface area (Å²) >= 11 is 3.40. The topological polar surface area (TPSA) is 73.4 Å². The summed E-state index contributed by atoms with van der Waals surface area (Å²) < 4.78 is 6.95. The predicted molar refractivity (Wildman–Crippen MR) is 82.0 cm³/mol. The molecule has 0 radical (unpaired) electrons. The molecular formula is C13H21BrN4O2. The minimum atomic E-state index is -0.121. The van der Waals surface area contributed by atoms with Gasteiger partial charge in [-0.25, -0.2) is 4.68 Å². The third-order valence-corrected chi connectivity index (χ3v) is 4.53. The standard InChI is InChI=1S/C13H21BrN4O2/c1-9(15)10-3-4-17(8-10)11-7-16-18(5-6-20-2)13(19)12(11)14/h7,9-10H,3-6,8,15H2,1-2H3. The van der Waals surface area contributed by atoms with Crippen LogP contribution in [-0.2, 0) is 11.3 Å². The van der Waals surface area contributed by atoms with Gasteiger partial charge in [-0.05, 0) is 35.2 Å². The van der Waals surface area contributed by atoms with Gasteiger partial charge in [-0.3, -0.25) is 4.79 Å². The fourth-order valence-electron chi connectivity index (χ4n) is 2.45. The van der Waals surface area contributed by atoms with E-state index in [1.807, 2.05) is 6.92 Å². The summed E-state index contributed by atoms with van der Waals surface area (Å²) in [5, 5.41) is 4.21. The molecule has 1 fully saturated rings. The minimum absolute atomic E-state index is 0.121. The van der Waals surface area contributed by atoms with Crippen molar-refractivity contribution in [2.45, 2.75) is 25.9 Å². The Kier molecular flexibility index (Phi) is 5.17. The van der Waals surface area contributed by atoms with Crippen LogP contribution in [0.25, 0.3) is 0 Å². The van der Waals surface area contributed by atoms with Gasteiger partial charge in [0.2, 0.25) is 0 Å². The molecule has 0 amide bonds. The van der Waals surface area contributed by atoms with Gasteiger partial charge in [0.15, 0.2) is 0 Å². The summed E-state index contributed by atoms with van der Waals surface area (Å²) in [6, 6.07) is 0.175. The number of hydrogen-bond acceptors (Lipinski definition) is 5. The quantitative estimate of drug-likeness (QED) is 0.856. The molecule has 2 atom stereocenters. The largest absolute Gasteiger partial charge is 0.383 e. The molecule has 1 saturated heterocycles. The van der Waals surface area contributed by atoms with Crippen molar-refractivity contribution in [2.75, 3.05) is 31.7 Å². The average molecular weight is 345 g/mol. The number of aromatic nitrogens is 2. The number of halogens is 1. The highest BCUT2D eigenvalue weighted by atomic mass is 79.9. The first-order valence-electron chi connectivity index (χ1n) is 6.79. The molecule has 2 rings (SSSR count). The van der Waals surface area contributed by atoms with E-state index in [0.29, 0.717) is 23.5 Å². The molecule has 1 aliphatic heterocycles. The maximum absolute atomic E-state index is 12.2. The first kappa shape index (κ1) is 15.5. The molecule has 0 aliphatic carbocycles. The van der Waals surface area contributed by atoms with Crippen LogP contribution in [-0.4, -0.2) is 42.6 Å². The predicted octanol–water partition coefficient (Wildman–Crippen LogP) is 0.826. The number of rotatable bonds is 5. The van der Waals surface area contributed by atoms with Crippen molar-refractivity contribution in [2.24, 2.45) is 11.7 Å². The van der Waals surface area contributed by atoms with Gasteiger partial charge in [0.05, 0.1) is 25.0 Å². The highest BCUT2D eigenvalue weighted by Gasteiger charge is 2.27. The maximum Gasteiger partial charge on any atom is 0.283 e. The van der Waals surface area contributed by atoms with Gasteiger partial charge < -0.3 is 15.4 Å². The van der Waals surface area contributed by atoms with Crippen LogP contribution in [0, 0.1) is 5.92 Å². The van der Waals surface area contributed by atoms with Gasteiger partial charge in [-0.2, -0.15) is 5.10 Å². The molecule has 0 saturated carbocycles. The van der Waals surface area contributed by atoms with Crippen molar-refractivity contribution in [3.05, 3.63) is 21.0 Å². The van der Waals surface area contributed by atoms with Crippen molar-refractivity contribution in [3.63, 3.8) is 0 Å². The van der Waals surface area contributed by atoms with Crippen molar-refractivity contribution in [3.8, 4) is 0 Å². The van der Waals surface area contributed by atoms with E-state index in [1.54, 1.807) is 13.3 Å². The average Bonchev–Trinajstić information content (AvgIpc) is 2.90. The molecule has 0 aromatic carbocycles. The van der Waals surface area contributed by atoms with Crippen LogP contribution in [0.2, 0.25) is 0 Å². The van der Waals surface area contributed by atoms with E-state index in [-0.39, 0.29) is 11.6 Å². The first-order valence-corrected chi connectivity index (χ1v) is 7.59. The molecule has 1 aromatic heterocycles. The lowest BCUT2D eigenvalue weighted by Crippen LogP contribution is -2.32. The third kappa shape index (κ3) is 3.21. The van der Waals surface area contributed by atoms with Gasteiger partial charge in [0.25, 0.3) is 5.56 Å². The second-order valence-electron chi connectivity index (χ2n) is 5.22. The van der Waals surface area contributed by atoms with Gasteiger partial charge in [-0.15, -0.1) is 0 Å². The van der Waals surface area contributed by atoms with Crippen molar-refractivity contribution < 1.29 is 4.74 Å². The van der Waals surface area contributed by atoms with Crippen LogP contribution in [0.4, 0.5) is 5.69 Å². The second kappa shape index (κ2) is 6.69. The SMILES string of the molecule is COCCn1ncc(N2CCC(C(C)N)C2)c(Br)c1=O. The molecule has 1 aromatic rings. The molecule has 1 aliphatic rings. The zero-order valence-corrected chi connectivity index (χ0v) is 13.5. The van der Waals surface area contributed by atoms with Crippen LogP contribution in [0.5, 0.6) is 0 Å². The normalized spacial score (nSPS) is 20.4. The Morgan fingerprint density at radius 3 is 3.00 bits per heavy atom. The fraction of sp³-hybridized carbons (Fsp3) is 0.692. The number of methoxy groups -OCH3 is 1. The Labute approximate surface area is 127 Å². The van der Waals surface area contributed by atoms with Gasteiger partial charge in [0.1, 0.15) is 4.47 Å². The molecule has 112 valence electrons. The monoisotopic (exact) mass is 344 g/mol. The zero-order valence-electron chi connectivity index (χ0n) is 11.9. The summed E-state index contributed by atoms with van der Waals surface area (Å²) in [5.41, 5.74) is 6.68. The lowest BCUT2D eigenvalue weighted by molar-refractivity contribution is 0.181. The Balaban J connectivity index is 2.18. The highest BCUT2D eigenvalue weighted by Crippen LogP contribution is 2.28. The Morgan fingerprint density at radius 1 is 1.65 bits per heavy atom. The van der Waals surface area contributed by atoms with E-state index in [4.69, 9.17) is 10.5 Å². The van der Waals surface area contributed by atoms with E-state index in [0.717, 1.165) is 25.2 Å². The lowest BCUT2D eigenvalue weighted by Gasteiger charge is -2.21. The van der Waals surface area contributed by atoms with Crippen molar-refractivity contribution in [1.82, 2.24) is 9.78 Å². The van der Waals surface area contributed by atoms with Crippen molar-refractivity contribution >= 4 is 21.6 Å². The van der Waals surface area contributed by atoms with Crippen LogP contribution >= 0.6 is 15.9 Å². The van der Waals surface area contributed by atoms with Crippen LogP contribution < -0.4 is 16.2 Å². The van der Waals surface area contributed by atoms with E-state index in [9.17, 15) is 4.79 Å². The first-order chi connectivity index (χ1) is 9.54. The number of ether oxygens (including phenoxy) is 1. The van der Waals surface area contributed by atoms with Gasteiger partial charge in [0, 0.05) is 26.2 Å². The smallest absolute Gasteiger partial charge is 0.283 e. The summed E-state index contributed by atoms with van der Waals surface area (Å²) in [4.78, 5) is 14.4. The molecule has 2 N–H and O–H groups in total. The van der Waals surface area contributed by atoms with Gasteiger partial charge in [-0.1, -0.05) is 0 Å². The Bertz CT molecular complexity index is 518. The molecule has 6 nitrogen and oxygen atoms in total. The summed E-state index contributed by atoms with van der Waals surface area (Å²) in [6.45, 7) is 4.74. The summed E-state index contributed by atoms with van der Waals surface area (Å²) in [7, 11) is 1.60. The van der Waals surface area contributed by atoms with E-state index in [1.165, 1.54) is 4.68 Å². The number of nitrogens with two attached hydrogens (primary N) is 1. The minimum Gasteiger partial charge on any atom is -0.383 e. The lowest BCUT2D eigenvalue weighted by atomic mass is 10.0. The maximum atomic E-state index is 12.2. The second-order valence-corrected chi connectivity index (χ2v) is 6.01. The van der Waals surface area contributed by atoms with E-state index < -0.39 is 0 Å². The van der Waals surface area contributed by atoms with Crippen molar-refractivity contribution in [1.29, 1.82) is 0 Å². The van der Waals surface area contributed by atoms with E-state index >= 15 is 0 Å². The Morgan fingerprint density at radius 2 is 2.40 bits per heavy atom. The molecule has 2 heterocycles. The zero-order chi connectivity index (χ0) is 14.7. The number of anilines is 1. The summed E-state index contributed by atoms with van der Waals surface area (Å²) in [5.74, 6) is 0.470. The third-order valence-electron chi connectivity index (χ3n) is 3.78. The summed E-state index contributed by atoms with van der Waals surface area (Å²) in [6.07, 6.45) is 2.79. The van der Waals surface area contributed by atoms with Crippen LogP contribution in [0.1, 0.15) is 13.3 Å². The molecule has 2 unspecified atom stereocenters. The van der Waals surface area contributed by atoms with Crippen LogP contribution in [0.3, 0.4) is 0 Å². The molecular weight excluding hydrogens is 324 g/mol. The molecule has 20 heavy (non-hydrogen) atoms. The van der Waals surface area contributed by atoms with Gasteiger partial charge >= 0.3 is 0 Å². The number of hydrogen-bond donors (Lipinski definition) is 1. The number of nitrogens with zero attached hydrogens (tertiary/aromatic N) is 3. The fourth-order valence-corrected chi connectivity index (χ4v) is 3.01. The molecule has 7 heteroatoms. The molecule has 0 bridgehead atoms.